The van der Waals surface area contributed by atoms with Crippen LogP contribution in [0.1, 0.15) is 10.4 Å². The molecule has 0 radical (unpaired) electrons. The number of para-hydroxylation sites is 2. The molecule has 0 aliphatic heterocycles. The van der Waals surface area contributed by atoms with Crippen LogP contribution in [0.2, 0.25) is 0 Å². The first-order valence-corrected chi connectivity index (χ1v) is 5.94. The fraction of sp³-hybridized carbons (Fsp3) is 0. The van der Waals surface area contributed by atoms with Crippen molar-refractivity contribution in [3.8, 4) is 0 Å². The third-order valence-corrected chi connectivity index (χ3v) is 2.63. The van der Waals surface area contributed by atoms with Crippen molar-refractivity contribution in [3.63, 3.8) is 0 Å². The Kier molecular flexibility index (Phi) is 4.24. The minimum absolute atomic E-state index is 0.0377. The molecule has 0 amide bonds. The maximum absolute atomic E-state index is 11.8. The summed E-state index contributed by atoms with van der Waals surface area (Å²) in [7, 11) is 0. The maximum Gasteiger partial charge on any atom is 0.292 e. The average Bonchev–Trinajstić information content (AvgIpc) is 2.48. The Morgan fingerprint density at radius 2 is 1.70 bits per heavy atom. The molecule has 0 aliphatic rings. The van der Waals surface area contributed by atoms with Crippen molar-refractivity contribution in [2.75, 3.05) is 5.32 Å². The van der Waals surface area contributed by atoms with Crippen LogP contribution >= 0.6 is 0 Å². The number of carbonyl (C=O) groups excluding carboxylic acids is 1. The summed E-state index contributed by atoms with van der Waals surface area (Å²) in [5.41, 5.74) is 0.868. The lowest BCUT2D eigenvalue weighted by molar-refractivity contribution is -0.383. The lowest BCUT2D eigenvalue weighted by atomic mass is 10.1. The molecule has 2 aromatic carbocycles. The van der Waals surface area contributed by atoms with Gasteiger partial charge in [-0.2, -0.15) is 0 Å². The van der Waals surface area contributed by atoms with E-state index >= 15 is 0 Å². The Balaban J connectivity index is 2.08. The molecule has 0 aromatic heterocycles. The van der Waals surface area contributed by atoms with Crippen molar-refractivity contribution in [1.82, 2.24) is 0 Å². The van der Waals surface area contributed by atoms with Crippen molar-refractivity contribution >= 4 is 17.2 Å². The van der Waals surface area contributed by atoms with Gasteiger partial charge < -0.3 is 5.32 Å². The van der Waals surface area contributed by atoms with Gasteiger partial charge >= 0.3 is 0 Å². The van der Waals surface area contributed by atoms with Crippen LogP contribution in [0.3, 0.4) is 0 Å². The highest BCUT2D eigenvalue weighted by Crippen LogP contribution is 2.22. The van der Waals surface area contributed by atoms with E-state index in [1.54, 1.807) is 42.5 Å². The molecular weight excluding hydrogens is 256 g/mol. The minimum atomic E-state index is -0.477. The number of benzene rings is 2. The third kappa shape index (κ3) is 3.29. The number of nitro benzene ring substituents is 1. The van der Waals surface area contributed by atoms with Crippen molar-refractivity contribution < 1.29 is 9.72 Å². The highest BCUT2D eigenvalue weighted by Gasteiger charge is 2.10. The zero-order valence-electron chi connectivity index (χ0n) is 10.5. The summed E-state index contributed by atoms with van der Waals surface area (Å²) in [6, 6.07) is 15.0. The monoisotopic (exact) mass is 268 g/mol. The molecule has 0 heterocycles. The van der Waals surface area contributed by atoms with Gasteiger partial charge in [0.1, 0.15) is 5.69 Å². The molecule has 0 unspecified atom stereocenters. The van der Waals surface area contributed by atoms with Gasteiger partial charge in [0.25, 0.3) is 5.69 Å². The SMILES string of the molecule is O=C(/C=C/Nc1ccccc1[N+](=O)[O-])c1ccccc1. The minimum Gasteiger partial charge on any atom is -0.356 e. The largest absolute Gasteiger partial charge is 0.356 e. The summed E-state index contributed by atoms with van der Waals surface area (Å²) in [4.78, 5) is 22.1. The Hall–Kier alpha value is -2.95. The Bertz CT molecular complexity index is 651. The van der Waals surface area contributed by atoms with Crippen LogP contribution in [0, 0.1) is 10.1 Å². The zero-order chi connectivity index (χ0) is 14.4. The number of nitrogens with zero attached hydrogens (tertiary/aromatic N) is 1. The topological polar surface area (TPSA) is 72.2 Å². The number of nitrogens with one attached hydrogen (secondary N) is 1. The first-order valence-electron chi connectivity index (χ1n) is 5.94. The van der Waals surface area contributed by atoms with Crippen molar-refractivity contribution in [3.05, 3.63) is 82.6 Å². The van der Waals surface area contributed by atoms with Gasteiger partial charge in [0, 0.05) is 23.9 Å². The van der Waals surface area contributed by atoms with E-state index in [-0.39, 0.29) is 11.5 Å². The van der Waals surface area contributed by atoms with E-state index in [2.05, 4.69) is 5.32 Å². The molecular formula is C15H12N2O3. The number of allylic oxidation sites excluding steroid dienone is 1. The van der Waals surface area contributed by atoms with E-state index in [1.807, 2.05) is 6.07 Å². The number of nitro groups is 1. The predicted octanol–water partition coefficient (Wildman–Crippen LogP) is 3.40. The summed E-state index contributed by atoms with van der Waals surface area (Å²) < 4.78 is 0. The standard InChI is InChI=1S/C15H12N2O3/c18-15(12-6-2-1-3-7-12)10-11-16-13-8-4-5-9-14(13)17(19)20/h1-11,16H/b11-10+. The normalized spacial score (nSPS) is 10.4. The maximum atomic E-state index is 11.8. The first-order chi connectivity index (χ1) is 9.68. The number of ketones is 1. The lowest BCUT2D eigenvalue weighted by Crippen LogP contribution is -1.98. The molecule has 2 rings (SSSR count). The average molecular weight is 268 g/mol. The van der Waals surface area contributed by atoms with E-state index < -0.39 is 4.92 Å². The number of hydrogen-bond donors (Lipinski definition) is 1. The first kappa shape index (κ1) is 13.5. The molecule has 0 bridgehead atoms. The van der Waals surface area contributed by atoms with Crippen LogP contribution < -0.4 is 5.32 Å². The van der Waals surface area contributed by atoms with Gasteiger partial charge in [0.15, 0.2) is 5.78 Å². The molecule has 0 spiro atoms. The van der Waals surface area contributed by atoms with Crippen LogP contribution in [0.4, 0.5) is 11.4 Å². The zero-order valence-corrected chi connectivity index (χ0v) is 10.5. The lowest BCUT2D eigenvalue weighted by Gasteiger charge is -2.01. The van der Waals surface area contributed by atoms with Gasteiger partial charge in [-0.3, -0.25) is 14.9 Å². The van der Waals surface area contributed by atoms with Crippen LogP contribution in [-0.2, 0) is 0 Å². The predicted molar refractivity (Wildman–Crippen MR) is 76.6 cm³/mol. The van der Waals surface area contributed by atoms with Gasteiger partial charge in [-0.15, -0.1) is 0 Å². The van der Waals surface area contributed by atoms with E-state index in [0.29, 0.717) is 11.3 Å². The Labute approximate surface area is 115 Å². The molecule has 0 atom stereocenters. The molecule has 0 fully saturated rings. The molecule has 5 heteroatoms. The smallest absolute Gasteiger partial charge is 0.292 e. The fourth-order valence-electron chi connectivity index (χ4n) is 1.66. The van der Waals surface area contributed by atoms with Gasteiger partial charge in [-0.05, 0) is 6.07 Å². The van der Waals surface area contributed by atoms with E-state index in [0.717, 1.165) is 0 Å². The molecule has 2 aromatic rings. The van der Waals surface area contributed by atoms with Crippen LogP contribution in [-0.4, -0.2) is 10.7 Å². The third-order valence-electron chi connectivity index (χ3n) is 2.63. The van der Waals surface area contributed by atoms with Crippen molar-refractivity contribution in [2.24, 2.45) is 0 Å². The molecule has 0 saturated heterocycles. The fourth-order valence-corrected chi connectivity index (χ4v) is 1.66. The van der Waals surface area contributed by atoms with Crippen LogP contribution in [0.15, 0.2) is 66.9 Å². The van der Waals surface area contributed by atoms with E-state index in [4.69, 9.17) is 0 Å². The Morgan fingerprint density at radius 1 is 1.05 bits per heavy atom. The van der Waals surface area contributed by atoms with Gasteiger partial charge in [0.05, 0.1) is 4.92 Å². The highest BCUT2D eigenvalue weighted by atomic mass is 16.6. The molecule has 5 nitrogen and oxygen atoms in total. The Morgan fingerprint density at radius 3 is 2.40 bits per heavy atom. The van der Waals surface area contributed by atoms with Gasteiger partial charge in [0.2, 0.25) is 0 Å². The number of carbonyl (C=O) groups is 1. The molecule has 1 N–H and O–H groups in total. The molecule has 20 heavy (non-hydrogen) atoms. The summed E-state index contributed by atoms with van der Waals surface area (Å²) in [6.07, 6.45) is 2.74. The van der Waals surface area contributed by atoms with Crippen LogP contribution in [0.5, 0.6) is 0 Å². The second-order valence-electron chi connectivity index (χ2n) is 3.98. The molecule has 100 valence electrons. The molecule has 0 saturated carbocycles. The number of anilines is 1. The second-order valence-corrected chi connectivity index (χ2v) is 3.98. The van der Waals surface area contributed by atoms with Crippen LogP contribution in [0.25, 0.3) is 0 Å². The van der Waals surface area contributed by atoms with E-state index in [1.165, 1.54) is 18.3 Å². The summed E-state index contributed by atoms with van der Waals surface area (Å²) >= 11 is 0. The summed E-state index contributed by atoms with van der Waals surface area (Å²) in [5, 5.41) is 13.6. The number of rotatable bonds is 5. The number of hydrogen-bond acceptors (Lipinski definition) is 4. The second kappa shape index (κ2) is 6.29. The van der Waals surface area contributed by atoms with Gasteiger partial charge in [-0.1, -0.05) is 42.5 Å². The van der Waals surface area contributed by atoms with Crippen molar-refractivity contribution in [1.29, 1.82) is 0 Å². The molecule has 0 aliphatic carbocycles. The summed E-state index contributed by atoms with van der Waals surface area (Å²) in [5.74, 6) is -0.170. The van der Waals surface area contributed by atoms with Gasteiger partial charge in [-0.25, -0.2) is 0 Å². The van der Waals surface area contributed by atoms with Crippen molar-refractivity contribution in [2.45, 2.75) is 0 Å². The van der Waals surface area contributed by atoms with E-state index in [9.17, 15) is 14.9 Å². The summed E-state index contributed by atoms with van der Waals surface area (Å²) in [6.45, 7) is 0. The quantitative estimate of drug-likeness (QED) is 0.390. The highest BCUT2D eigenvalue weighted by molar-refractivity contribution is 6.04.